The van der Waals surface area contributed by atoms with Crippen LogP contribution in [0.4, 0.5) is 17.6 Å². The third-order valence-corrected chi connectivity index (χ3v) is 4.80. The zero-order chi connectivity index (χ0) is 19.8. The molecule has 0 radical (unpaired) electrons. The smallest absolute Gasteiger partial charge is 0.232 e. The number of aromatic nitrogens is 3. The lowest BCUT2D eigenvalue weighted by Crippen LogP contribution is -2.07. The van der Waals surface area contributed by atoms with Crippen molar-refractivity contribution in [3.8, 4) is 11.5 Å². The molecular weight excluding hydrogens is 374 g/mol. The second-order valence-corrected chi connectivity index (χ2v) is 7.06. The predicted molar refractivity (Wildman–Crippen MR) is 113 cm³/mol. The second-order valence-electron chi connectivity index (χ2n) is 5.95. The monoisotopic (exact) mass is 397 g/mol. The van der Waals surface area contributed by atoms with Gasteiger partial charge in [-0.1, -0.05) is 18.2 Å². The maximum Gasteiger partial charge on any atom is 0.232 e. The van der Waals surface area contributed by atoms with Crippen LogP contribution in [-0.4, -0.2) is 34.4 Å². The van der Waals surface area contributed by atoms with Gasteiger partial charge in [-0.2, -0.15) is 26.7 Å². The Morgan fingerprint density at radius 3 is 2.50 bits per heavy atom. The maximum absolute atomic E-state index is 5.83. The molecule has 146 valence electrons. The first-order valence-electron chi connectivity index (χ1n) is 8.82. The molecule has 0 aliphatic rings. The summed E-state index contributed by atoms with van der Waals surface area (Å²) >= 11 is 1.67. The first-order valence-corrected chi connectivity index (χ1v) is 9.97. The van der Waals surface area contributed by atoms with Gasteiger partial charge in [0.2, 0.25) is 11.9 Å². The lowest BCUT2D eigenvalue weighted by molar-refractivity contribution is 0.342. The van der Waals surface area contributed by atoms with Crippen molar-refractivity contribution in [2.75, 3.05) is 30.5 Å². The number of nitrogens with one attached hydrogen (secondary N) is 1. The summed E-state index contributed by atoms with van der Waals surface area (Å²) in [5.74, 6) is 4.35. The SMILES string of the molecule is COc1ccc(OCCSCc2nc(N)nc(Nc3ccccc3C)n2)cc1. The fourth-order valence-corrected chi connectivity index (χ4v) is 3.10. The summed E-state index contributed by atoms with van der Waals surface area (Å²) in [6.45, 7) is 2.61. The number of hydrogen-bond acceptors (Lipinski definition) is 8. The number of aryl methyl sites for hydroxylation is 1. The summed E-state index contributed by atoms with van der Waals surface area (Å²) in [6.07, 6.45) is 0. The number of ether oxygens (including phenoxy) is 2. The molecule has 28 heavy (non-hydrogen) atoms. The minimum absolute atomic E-state index is 0.205. The first kappa shape index (κ1) is 19.8. The summed E-state index contributed by atoms with van der Waals surface area (Å²) in [6, 6.07) is 15.5. The van der Waals surface area contributed by atoms with Gasteiger partial charge < -0.3 is 20.5 Å². The van der Waals surface area contributed by atoms with Crippen LogP contribution in [0.15, 0.2) is 48.5 Å². The van der Waals surface area contributed by atoms with Gasteiger partial charge in [0.15, 0.2) is 0 Å². The van der Waals surface area contributed by atoms with E-state index in [4.69, 9.17) is 15.2 Å². The minimum atomic E-state index is 0.205. The van der Waals surface area contributed by atoms with Crippen molar-refractivity contribution in [3.05, 3.63) is 59.9 Å². The summed E-state index contributed by atoms with van der Waals surface area (Å²) in [5.41, 5.74) is 7.88. The number of benzene rings is 2. The number of thioether (sulfide) groups is 1. The largest absolute Gasteiger partial charge is 0.497 e. The Hall–Kier alpha value is -3.00. The molecule has 0 amide bonds. The molecule has 0 bridgehead atoms. The maximum atomic E-state index is 5.83. The van der Waals surface area contributed by atoms with E-state index in [0.717, 1.165) is 28.5 Å². The molecule has 2 aromatic carbocycles. The van der Waals surface area contributed by atoms with Gasteiger partial charge in [-0.15, -0.1) is 0 Å². The molecule has 1 aromatic heterocycles. The quantitative estimate of drug-likeness (QED) is 0.526. The van der Waals surface area contributed by atoms with Crippen molar-refractivity contribution in [3.63, 3.8) is 0 Å². The average Bonchev–Trinajstić information content (AvgIpc) is 2.69. The van der Waals surface area contributed by atoms with Gasteiger partial charge in [0.1, 0.15) is 17.3 Å². The van der Waals surface area contributed by atoms with E-state index in [2.05, 4.69) is 20.3 Å². The van der Waals surface area contributed by atoms with E-state index in [9.17, 15) is 0 Å². The lowest BCUT2D eigenvalue weighted by Gasteiger charge is -2.09. The highest BCUT2D eigenvalue weighted by Crippen LogP contribution is 2.20. The summed E-state index contributed by atoms with van der Waals surface area (Å²) < 4.78 is 10.8. The Kier molecular flexibility index (Phi) is 6.91. The summed E-state index contributed by atoms with van der Waals surface area (Å²) in [4.78, 5) is 12.8. The average molecular weight is 398 g/mol. The standard InChI is InChI=1S/C20H23N5O2S/c1-14-5-3-4-6-17(14)22-20-24-18(23-19(21)25-20)13-28-12-11-27-16-9-7-15(26-2)8-10-16/h3-10H,11-13H2,1-2H3,(H3,21,22,23,24,25). The lowest BCUT2D eigenvalue weighted by atomic mass is 10.2. The number of nitrogens with two attached hydrogens (primary N) is 1. The zero-order valence-electron chi connectivity index (χ0n) is 15.9. The van der Waals surface area contributed by atoms with Gasteiger partial charge in [-0.3, -0.25) is 0 Å². The van der Waals surface area contributed by atoms with Gasteiger partial charge in [0.05, 0.1) is 19.5 Å². The fourth-order valence-electron chi connectivity index (χ4n) is 2.45. The highest BCUT2D eigenvalue weighted by Gasteiger charge is 2.06. The first-order chi connectivity index (χ1) is 13.6. The molecule has 1 heterocycles. The Morgan fingerprint density at radius 2 is 1.75 bits per heavy atom. The molecular formula is C20H23N5O2S. The number of nitrogen functional groups attached to an aromatic ring is 1. The van der Waals surface area contributed by atoms with Crippen LogP contribution in [0.2, 0.25) is 0 Å². The molecule has 0 atom stereocenters. The molecule has 3 aromatic rings. The van der Waals surface area contributed by atoms with Crippen LogP contribution < -0.4 is 20.5 Å². The molecule has 3 rings (SSSR count). The van der Waals surface area contributed by atoms with Crippen molar-refractivity contribution < 1.29 is 9.47 Å². The molecule has 8 heteroatoms. The molecule has 0 spiro atoms. The fraction of sp³-hybridized carbons (Fsp3) is 0.250. The van der Waals surface area contributed by atoms with E-state index < -0.39 is 0 Å². The van der Waals surface area contributed by atoms with Gasteiger partial charge in [-0.05, 0) is 42.8 Å². The Balaban J connectivity index is 1.49. The molecule has 0 aliphatic heterocycles. The number of methoxy groups -OCH3 is 1. The Bertz CT molecular complexity index is 905. The van der Waals surface area contributed by atoms with E-state index >= 15 is 0 Å². The Morgan fingerprint density at radius 1 is 1.00 bits per heavy atom. The van der Waals surface area contributed by atoms with Gasteiger partial charge in [0.25, 0.3) is 0 Å². The van der Waals surface area contributed by atoms with Gasteiger partial charge >= 0.3 is 0 Å². The predicted octanol–water partition coefficient (Wildman–Crippen LogP) is 3.83. The van der Waals surface area contributed by atoms with E-state index in [1.54, 1.807) is 18.9 Å². The highest BCUT2D eigenvalue weighted by atomic mass is 32.2. The molecule has 7 nitrogen and oxygen atoms in total. The number of para-hydroxylation sites is 1. The van der Waals surface area contributed by atoms with Crippen molar-refractivity contribution in [1.82, 2.24) is 15.0 Å². The van der Waals surface area contributed by atoms with E-state index in [-0.39, 0.29) is 5.95 Å². The van der Waals surface area contributed by atoms with Crippen molar-refractivity contribution in [1.29, 1.82) is 0 Å². The summed E-state index contributed by atoms with van der Waals surface area (Å²) in [7, 11) is 1.64. The van der Waals surface area contributed by atoms with Crippen LogP contribution >= 0.6 is 11.8 Å². The van der Waals surface area contributed by atoms with E-state index in [1.165, 1.54) is 0 Å². The van der Waals surface area contributed by atoms with E-state index in [0.29, 0.717) is 24.1 Å². The number of hydrogen-bond donors (Lipinski definition) is 2. The molecule has 0 saturated heterocycles. The van der Waals surface area contributed by atoms with E-state index in [1.807, 2.05) is 55.5 Å². The minimum Gasteiger partial charge on any atom is -0.497 e. The van der Waals surface area contributed by atoms with Crippen molar-refractivity contribution in [2.24, 2.45) is 0 Å². The van der Waals surface area contributed by atoms with Crippen LogP contribution in [0.25, 0.3) is 0 Å². The Labute approximate surface area is 168 Å². The number of anilines is 3. The number of nitrogens with zero attached hydrogens (tertiary/aromatic N) is 3. The third kappa shape index (κ3) is 5.75. The topological polar surface area (TPSA) is 95.2 Å². The van der Waals surface area contributed by atoms with Gasteiger partial charge in [-0.25, -0.2) is 0 Å². The molecule has 0 aliphatic carbocycles. The number of rotatable bonds is 9. The zero-order valence-corrected chi connectivity index (χ0v) is 16.7. The van der Waals surface area contributed by atoms with Crippen LogP contribution in [0, 0.1) is 6.92 Å². The third-order valence-electron chi connectivity index (χ3n) is 3.88. The second kappa shape index (κ2) is 9.80. The van der Waals surface area contributed by atoms with Crippen LogP contribution in [0.3, 0.4) is 0 Å². The molecule has 0 unspecified atom stereocenters. The van der Waals surface area contributed by atoms with Crippen molar-refractivity contribution >= 4 is 29.3 Å². The molecule has 0 saturated carbocycles. The van der Waals surface area contributed by atoms with Gasteiger partial charge in [0, 0.05) is 11.4 Å². The van der Waals surface area contributed by atoms with Crippen LogP contribution in [0.5, 0.6) is 11.5 Å². The van der Waals surface area contributed by atoms with Crippen LogP contribution in [0.1, 0.15) is 11.4 Å². The molecule has 3 N–H and O–H groups in total. The van der Waals surface area contributed by atoms with Crippen LogP contribution in [-0.2, 0) is 5.75 Å². The van der Waals surface area contributed by atoms with Crippen molar-refractivity contribution in [2.45, 2.75) is 12.7 Å². The normalized spacial score (nSPS) is 10.5. The molecule has 0 fully saturated rings. The summed E-state index contributed by atoms with van der Waals surface area (Å²) in [5, 5.41) is 3.20. The highest BCUT2D eigenvalue weighted by molar-refractivity contribution is 7.98.